The molecule has 156 valence electrons. The van der Waals surface area contributed by atoms with Gasteiger partial charge in [-0.25, -0.2) is 0 Å². The Bertz CT molecular complexity index is 393. The predicted molar refractivity (Wildman–Crippen MR) is 124 cm³/mol. The molecule has 0 fully saturated rings. The Kier molecular flexibility index (Phi) is 18.7. The maximum absolute atomic E-state index is 5.74. The second-order valence-corrected chi connectivity index (χ2v) is 8.68. The molecule has 0 unspecified atom stereocenters. The van der Waals surface area contributed by atoms with Gasteiger partial charge in [0.05, 0.1) is 6.61 Å². The van der Waals surface area contributed by atoms with Gasteiger partial charge in [-0.1, -0.05) is 136 Å². The lowest BCUT2D eigenvalue weighted by molar-refractivity contribution is 0.116. The van der Waals surface area contributed by atoms with E-state index >= 15 is 0 Å². The molecule has 1 aromatic rings. The van der Waals surface area contributed by atoms with Crippen LogP contribution in [0.25, 0.3) is 0 Å². The summed E-state index contributed by atoms with van der Waals surface area (Å²) in [6, 6.07) is 10.5. The Labute approximate surface area is 177 Å². The first kappa shape index (κ1) is 24.7. The topological polar surface area (TPSA) is 9.23 Å². The fourth-order valence-electron chi connectivity index (χ4n) is 3.54. The van der Waals surface area contributed by atoms with Crippen molar-refractivity contribution in [3.8, 4) is 0 Å². The number of benzene rings is 1. The van der Waals surface area contributed by atoms with Crippen LogP contribution < -0.4 is 0 Å². The van der Waals surface area contributed by atoms with E-state index in [2.05, 4.69) is 46.3 Å². The van der Waals surface area contributed by atoms with Crippen molar-refractivity contribution in [2.24, 2.45) is 0 Å². The minimum Gasteiger partial charge on any atom is -0.377 e. The number of unbranched alkanes of at least 4 members (excludes halogenated alkanes) is 15. The van der Waals surface area contributed by atoms with Gasteiger partial charge in [-0.15, -0.1) is 0 Å². The summed E-state index contributed by atoms with van der Waals surface area (Å²) in [4.78, 5) is 0. The Morgan fingerprint density at radius 1 is 0.519 bits per heavy atom. The van der Waals surface area contributed by atoms with Crippen LogP contribution in [0, 0.1) is 0 Å². The first-order chi connectivity index (χ1) is 13.4. The van der Waals surface area contributed by atoms with Crippen LogP contribution in [-0.4, -0.2) is 11.9 Å². The van der Waals surface area contributed by atoms with Crippen LogP contribution in [0.3, 0.4) is 0 Å². The smallest absolute Gasteiger partial charge is 0.0716 e. The minimum absolute atomic E-state index is 0.762. The molecule has 1 rings (SSSR count). The van der Waals surface area contributed by atoms with Gasteiger partial charge in [0.15, 0.2) is 0 Å². The van der Waals surface area contributed by atoms with Gasteiger partial charge in [-0.3, -0.25) is 0 Å². The van der Waals surface area contributed by atoms with Crippen molar-refractivity contribution in [1.82, 2.24) is 0 Å². The van der Waals surface area contributed by atoms with Crippen LogP contribution in [0.5, 0.6) is 0 Å². The molecule has 0 spiro atoms. The van der Waals surface area contributed by atoms with E-state index in [4.69, 9.17) is 4.74 Å². The monoisotopic (exact) mass is 438 g/mol. The van der Waals surface area contributed by atoms with E-state index in [1.54, 1.807) is 0 Å². The molecule has 1 nitrogen and oxygen atoms in total. The van der Waals surface area contributed by atoms with E-state index < -0.39 is 0 Å². The summed E-state index contributed by atoms with van der Waals surface area (Å²) >= 11 is 3.50. The van der Waals surface area contributed by atoms with Crippen molar-refractivity contribution >= 4 is 15.9 Å². The molecule has 0 bridgehead atoms. The first-order valence-electron chi connectivity index (χ1n) is 11.6. The highest BCUT2D eigenvalue weighted by atomic mass is 79.9. The molecule has 0 saturated heterocycles. The number of alkyl halides is 1. The van der Waals surface area contributed by atoms with E-state index in [9.17, 15) is 0 Å². The van der Waals surface area contributed by atoms with Crippen LogP contribution in [-0.2, 0) is 11.3 Å². The van der Waals surface area contributed by atoms with Gasteiger partial charge in [0.1, 0.15) is 0 Å². The molecule has 0 saturated carbocycles. The Balaban J connectivity index is 1.67. The fraction of sp³-hybridized carbons (Fsp3) is 0.760. The first-order valence-corrected chi connectivity index (χ1v) is 12.7. The van der Waals surface area contributed by atoms with Gasteiger partial charge in [-0.05, 0) is 18.4 Å². The number of ether oxygens (including phenoxy) is 1. The van der Waals surface area contributed by atoms with Crippen molar-refractivity contribution in [2.45, 2.75) is 109 Å². The lowest BCUT2D eigenvalue weighted by atomic mass is 10.0. The van der Waals surface area contributed by atoms with Gasteiger partial charge in [0.2, 0.25) is 0 Å². The highest BCUT2D eigenvalue weighted by molar-refractivity contribution is 9.09. The summed E-state index contributed by atoms with van der Waals surface area (Å²) in [5.41, 5.74) is 1.28. The van der Waals surface area contributed by atoms with Crippen molar-refractivity contribution in [3.63, 3.8) is 0 Å². The SMILES string of the molecule is BrCCCCCCCCCCCCCCCCCCOCc1ccccc1. The molecule has 2 heteroatoms. The Morgan fingerprint density at radius 3 is 1.37 bits per heavy atom. The molecule has 0 N–H and O–H groups in total. The normalized spacial score (nSPS) is 11.1. The standard InChI is InChI=1S/C25H43BrO/c26-22-18-13-11-9-7-5-3-1-2-4-6-8-10-12-14-19-23-27-24-25-20-16-15-17-21-25/h15-17,20-21H,1-14,18-19,22-24H2. The summed E-state index contributed by atoms with van der Waals surface area (Å²) in [6.45, 7) is 1.67. The van der Waals surface area contributed by atoms with Crippen molar-refractivity contribution in [3.05, 3.63) is 35.9 Å². The van der Waals surface area contributed by atoms with Gasteiger partial charge in [-0.2, -0.15) is 0 Å². The minimum atomic E-state index is 0.762. The highest BCUT2D eigenvalue weighted by Gasteiger charge is 1.96. The van der Waals surface area contributed by atoms with Crippen LogP contribution in [0.1, 0.15) is 108 Å². The van der Waals surface area contributed by atoms with Gasteiger partial charge < -0.3 is 4.74 Å². The fourth-order valence-corrected chi connectivity index (χ4v) is 3.93. The van der Waals surface area contributed by atoms with Crippen LogP contribution in [0.2, 0.25) is 0 Å². The third kappa shape index (κ3) is 17.5. The molecule has 0 aliphatic carbocycles. The molecule has 0 radical (unpaired) electrons. The van der Waals surface area contributed by atoms with E-state index in [0.717, 1.165) is 13.2 Å². The van der Waals surface area contributed by atoms with Crippen LogP contribution >= 0.6 is 15.9 Å². The molecule has 1 aromatic carbocycles. The highest BCUT2D eigenvalue weighted by Crippen LogP contribution is 2.14. The molecule has 0 atom stereocenters. The van der Waals surface area contributed by atoms with E-state index in [1.807, 2.05) is 0 Å². The lowest BCUT2D eigenvalue weighted by Crippen LogP contribution is -1.95. The summed E-state index contributed by atoms with van der Waals surface area (Å²) in [7, 11) is 0. The van der Waals surface area contributed by atoms with Gasteiger partial charge in [0, 0.05) is 11.9 Å². The lowest BCUT2D eigenvalue weighted by Gasteiger charge is -2.05. The predicted octanol–water partition coefficient (Wildman–Crippen LogP) is 8.84. The zero-order chi connectivity index (χ0) is 19.3. The molecule has 0 amide bonds. The van der Waals surface area contributed by atoms with E-state index in [1.165, 1.54) is 114 Å². The Morgan fingerprint density at radius 2 is 0.926 bits per heavy atom. The quantitative estimate of drug-likeness (QED) is 0.146. The zero-order valence-electron chi connectivity index (χ0n) is 17.6. The van der Waals surface area contributed by atoms with Crippen LogP contribution in [0.4, 0.5) is 0 Å². The number of hydrogen-bond donors (Lipinski definition) is 0. The molecular weight excluding hydrogens is 396 g/mol. The second-order valence-electron chi connectivity index (χ2n) is 7.88. The van der Waals surface area contributed by atoms with E-state index in [0.29, 0.717) is 0 Å². The summed E-state index contributed by atoms with van der Waals surface area (Å²) in [6.07, 6.45) is 22.6. The summed E-state index contributed by atoms with van der Waals surface area (Å²) in [5.74, 6) is 0. The summed E-state index contributed by atoms with van der Waals surface area (Å²) in [5, 5.41) is 1.18. The maximum Gasteiger partial charge on any atom is 0.0716 e. The van der Waals surface area contributed by atoms with Crippen molar-refractivity contribution in [1.29, 1.82) is 0 Å². The third-order valence-corrected chi connectivity index (χ3v) is 5.84. The summed E-state index contributed by atoms with van der Waals surface area (Å²) < 4.78 is 5.74. The molecule has 0 aliphatic rings. The van der Waals surface area contributed by atoms with Gasteiger partial charge in [0.25, 0.3) is 0 Å². The molecular formula is C25H43BrO. The molecule has 27 heavy (non-hydrogen) atoms. The molecule has 0 aromatic heterocycles. The maximum atomic E-state index is 5.74. The second kappa shape index (κ2) is 20.4. The van der Waals surface area contributed by atoms with Crippen LogP contribution in [0.15, 0.2) is 30.3 Å². The molecule has 0 heterocycles. The third-order valence-electron chi connectivity index (χ3n) is 5.28. The van der Waals surface area contributed by atoms with Gasteiger partial charge >= 0.3 is 0 Å². The number of rotatable bonds is 20. The average Bonchev–Trinajstić information content (AvgIpc) is 2.70. The largest absolute Gasteiger partial charge is 0.377 e. The van der Waals surface area contributed by atoms with Crippen molar-refractivity contribution < 1.29 is 4.74 Å². The Hall–Kier alpha value is -0.340. The van der Waals surface area contributed by atoms with E-state index in [-0.39, 0.29) is 0 Å². The number of halogens is 1. The molecule has 0 aliphatic heterocycles. The van der Waals surface area contributed by atoms with Crippen molar-refractivity contribution in [2.75, 3.05) is 11.9 Å². The number of hydrogen-bond acceptors (Lipinski definition) is 1. The average molecular weight is 440 g/mol. The zero-order valence-corrected chi connectivity index (χ0v) is 19.2.